The normalized spacial score (nSPS) is 12.5. The minimum atomic E-state index is -1.03. The molecule has 2 N–H and O–H groups in total. The monoisotopic (exact) mass is 239 g/mol. The second-order valence-corrected chi connectivity index (χ2v) is 4.14. The zero-order valence-electron chi connectivity index (χ0n) is 10.2. The van der Waals surface area contributed by atoms with Gasteiger partial charge in [-0.05, 0) is 12.0 Å². The van der Waals surface area contributed by atoms with Crippen LogP contribution in [0.15, 0.2) is 16.7 Å². The topological polar surface area (TPSA) is 79.5 Å². The Morgan fingerprint density at radius 3 is 2.59 bits per heavy atom. The molecule has 1 unspecified atom stereocenters. The Morgan fingerprint density at radius 2 is 2.12 bits per heavy atom. The number of amides is 1. The molecule has 94 valence electrons. The van der Waals surface area contributed by atoms with E-state index in [-0.39, 0.29) is 5.92 Å². The van der Waals surface area contributed by atoms with Crippen LogP contribution >= 0.6 is 0 Å². The van der Waals surface area contributed by atoms with Gasteiger partial charge in [-0.15, -0.1) is 0 Å². The summed E-state index contributed by atoms with van der Waals surface area (Å²) in [6.07, 6.45) is 2.02. The Bertz CT molecular complexity index is 408. The summed E-state index contributed by atoms with van der Waals surface area (Å²) in [6, 6.07) is 0.662. The number of carboxylic acids is 1. The first-order valence-corrected chi connectivity index (χ1v) is 5.57. The van der Waals surface area contributed by atoms with E-state index in [9.17, 15) is 9.59 Å². The third-order valence-electron chi connectivity index (χ3n) is 2.53. The molecule has 1 aromatic rings. The lowest BCUT2D eigenvalue weighted by molar-refractivity contribution is -0.140. The largest absolute Gasteiger partial charge is 0.480 e. The molecule has 0 spiro atoms. The van der Waals surface area contributed by atoms with Crippen molar-refractivity contribution in [2.24, 2.45) is 5.92 Å². The maximum absolute atomic E-state index is 11.9. The maximum atomic E-state index is 11.9. The quantitative estimate of drug-likeness (QED) is 0.819. The van der Waals surface area contributed by atoms with Gasteiger partial charge in [-0.25, -0.2) is 4.79 Å². The highest BCUT2D eigenvalue weighted by Crippen LogP contribution is 2.12. The first kappa shape index (κ1) is 13.3. The molecule has 0 fully saturated rings. The molecule has 1 aromatic heterocycles. The summed E-state index contributed by atoms with van der Waals surface area (Å²) >= 11 is 0. The predicted octanol–water partition coefficient (Wildman–Crippen LogP) is 1.68. The standard InChI is InChI=1S/C12H17NO4/c1-4-9-8(5-6-17-9)11(14)13-10(7(2)3)12(15)16/h5-7,10H,4H2,1-3H3,(H,13,14)(H,15,16). The van der Waals surface area contributed by atoms with E-state index < -0.39 is 17.9 Å². The Kier molecular flexibility index (Phi) is 4.31. The first-order chi connectivity index (χ1) is 7.97. The number of aryl methyl sites for hydroxylation is 1. The van der Waals surface area contributed by atoms with Crippen LogP contribution in [0.4, 0.5) is 0 Å². The smallest absolute Gasteiger partial charge is 0.326 e. The minimum absolute atomic E-state index is 0.173. The van der Waals surface area contributed by atoms with Crippen molar-refractivity contribution in [1.82, 2.24) is 5.32 Å². The van der Waals surface area contributed by atoms with Crippen LogP contribution in [0.3, 0.4) is 0 Å². The Balaban J connectivity index is 2.81. The van der Waals surface area contributed by atoms with Gasteiger partial charge in [0.05, 0.1) is 11.8 Å². The van der Waals surface area contributed by atoms with Crippen molar-refractivity contribution in [2.75, 3.05) is 0 Å². The molecule has 1 rings (SSSR count). The fourth-order valence-electron chi connectivity index (χ4n) is 1.55. The third-order valence-corrected chi connectivity index (χ3v) is 2.53. The SMILES string of the molecule is CCc1occc1C(=O)NC(C(=O)O)C(C)C. The van der Waals surface area contributed by atoms with Crippen LogP contribution < -0.4 is 5.32 Å². The summed E-state index contributed by atoms with van der Waals surface area (Å²) in [4.78, 5) is 22.8. The van der Waals surface area contributed by atoms with E-state index >= 15 is 0 Å². The minimum Gasteiger partial charge on any atom is -0.480 e. The summed E-state index contributed by atoms with van der Waals surface area (Å²) in [5.74, 6) is -1.05. The van der Waals surface area contributed by atoms with Crippen molar-refractivity contribution >= 4 is 11.9 Å². The number of carbonyl (C=O) groups is 2. The van der Waals surface area contributed by atoms with Gasteiger partial charge in [-0.2, -0.15) is 0 Å². The van der Waals surface area contributed by atoms with Crippen LogP contribution in [-0.4, -0.2) is 23.0 Å². The maximum Gasteiger partial charge on any atom is 0.326 e. The highest BCUT2D eigenvalue weighted by Gasteiger charge is 2.25. The van der Waals surface area contributed by atoms with E-state index in [1.165, 1.54) is 6.26 Å². The van der Waals surface area contributed by atoms with Gasteiger partial charge in [-0.3, -0.25) is 4.79 Å². The first-order valence-electron chi connectivity index (χ1n) is 5.57. The van der Waals surface area contributed by atoms with Crippen LogP contribution in [0.25, 0.3) is 0 Å². The van der Waals surface area contributed by atoms with Crippen LogP contribution in [0.2, 0.25) is 0 Å². The molecule has 0 aromatic carbocycles. The van der Waals surface area contributed by atoms with Gasteiger partial charge >= 0.3 is 5.97 Å². The van der Waals surface area contributed by atoms with Gasteiger partial charge in [0, 0.05) is 6.42 Å². The van der Waals surface area contributed by atoms with Crippen LogP contribution in [0.1, 0.15) is 36.9 Å². The second kappa shape index (κ2) is 5.52. The fourth-order valence-corrected chi connectivity index (χ4v) is 1.55. The lowest BCUT2D eigenvalue weighted by Crippen LogP contribution is -2.44. The summed E-state index contributed by atoms with van der Waals surface area (Å²) in [7, 11) is 0. The van der Waals surface area contributed by atoms with Crippen molar-refractivity contribution < 1.29 is 19.1 Å². The molecule has 0 saturated carbocycles. The molecular formula is C12H17NO4. The molecule has 0 bridgehead atoms. The molecule has 0 aliphatic rings. The molecule has 0 saturated heterocycles. The number of hydrogen-bond acceptors (Lipinski definition) is 3. The zero-order valence-corrected chi connectivity index (χ0v) is 10.2. The second-order valence-electron chi connectivity index (χ2n) is 4.14. The van der Waals surface area contributed by atoms with Gasteiger partial charge in [0.15, 0.2) is 0 Å². The highest BCUT2D eigenvalue weighted by molar-refractivity contribution is 5.97. The average Bonchev–Trinajstić information content (AvgIpc) is 2.72. The molecular weight excluding hydrogens is 222 g/mol. The van der Waals surface area contributed by atoms with Gasteiger partial charge in [-0.1, -0.05) is 20.8 Å². The molecule has 0 radical (unpaired) electrons. The van der Waals surface area contributed by atoms with Crippen molar-refractivity contribution in [3.8, 4) is 0 Å². The van der Waals surface area contributed by atoms with Crippen molar-refractivity contribution in [2.45, 2.75) is 33.2 Å². The third kappa shape index (κ3) is 3.09. The van der Waals surface area contributed by atoms with Crippen molar-refractivity contribution in [3.63, 3.8) is 0 Å². The lowest BCUT2D eigenvalue weighted by Gasteiger charge is -2.17. The average molecular weight is 239 g/mol. The van der Waals surface area contributed by atoms with Crippen molar-refractivity contribution in [3.05, 3.63) is 23.7 Å². The summed E-state index contributed by atoms with van der Waals surface area (Å²) in [6.45, 7) is 5.36. The van der Waals surface area contributed by atoms with Crippen LogP contribution in [0.5, 0.6) is 0 Å². The van der Waals surface area contributed by atoms with E-state index in [1.54, 1.807) is 19.9 Å². The van der Waals surface area contributed by atoms with Crippen LogP contribution in [0, 0.1) is 5.92 Å². The summed E-state index contributed by atoms with van der Waals surface area (Å²) < 4.78 is 5.13. The van der Waals surface area contributed by atoms with Gasteiger partial charge in [0.25, 0.3) is 5.91 Å². The number of carbonyl (C=O) groups excluding carboxylic acids is 1. The highest BCUT2D eigenvalue weighted by atomic mass is 16.4. The zero-order chi connectivity index (χ0) is 13.0. The van der Waals surface area contributed by atoms with E-state index in [0.717, 1.165) is 0 Å². The number of furan rings is 1. The molecule has 1 heterocycles. The molecule has 0 aliphatic heterocycles. The molecule has 0 aliphatic carbocycles. The van der Waals surface area contributed by atoms with Gasteiger partial charge in [0.2, 0.25) is 0 Å². The Hall–Kier alpha value is -1.78. The molecule has 5 heteroatoms. The Morgan fingerprint density at radius 1 is 1.47 bits per heavy atom. The molecule has 1 amide bonds. The number of nitrogens with one attached hydrogen (secondary N) is 1. The van der Waals surface area contributed by atoms with Gasteiger partial charge < -0.3 is 14.8 Å². The van der Waals surface area contributed by atoms with Crippen LogP contribution in [-0.2, 0) is 11.2 Å². The number of carboxylic acid groups (broad SMARTS) is 1. The van der Waals surface area contributed by atoms with Gasteiger partial charge in [0.1, 0.15) is 11.8 Å². The number of hydrogen-bond donors (Lipinski definition) is 2. The number of aliphatic carboxylic acids is 1. The number of rotatable bonds is 5. The molecule has 17 heavy (non-hydrogen) atoms. The van der Waals surface area contributed by atoms with E-state index in [1.807, 2.05) is 6.92 Å². The van der Waals surface area contributed by atoms with E-state index in [2.05, 4.69) is 5.32 Å². The molecule has 5 nitrogen and oxygen atoms in total. The van der Waals surface area contributed by atoms with Crippen molar-refractivity contribution in [1.29, 1.82) is 0 Å². The summed E-state index contributed by atoms with van der Waals surface area (Å²) in [5.41, 5.74) is 0.402. The fraction of sp³-hybridized carbons (Fsp3) is 0.500. The van der Waals surface area contributed by atoms with E-state index in [0.29, 0.717) is 17.7 Å². The molecule has 1 atom stereocenters. The Labute approximate surface area is 99.8 Å². The lowest BCUT2D eigenvalue weighted by atomic mass is 10.0. The predicted molar refractivity (Wildman–Crippen MR) is 61.8 cm³/mol. The van der Waals surface area contributed by atoms with E-state index in [4.69, 9.17) is 9.52 Å². The summed E-state index contributed by atoms with van der Waals surface area (Å²) in [5, 5.41) is 11.5.